The van der Waals surface area contributed by atoms with Crippen LogP contribution in [0.1, 0.15) is 25.7 Å². The van der Waals surface area contributed by atoms with Crippen LogP contribution in [0.25, 0.3) is 0 Å². The number of nitrogens with zero attached hydrogens (tertiary/aromatic N) is 1. The van der Waals surface area contributed by atoms with Crippen molar-refractivity contribution in [2.75, 3.05) is 26.8 Å². The van der Waals surface area contributed by atoms with Gasteiger partial charge in [-0.15, -0.1) is 0 Å². The van der Waals surface area contributed by atoms with Gasteiger partial charge in [-0.05, 0) is 37.8 Å². The summed E-state index contributed by atoms with van der Waals surface area (Å²) in [7, 11) is 1.69. The molecule has 4 heteroatoms. The van der Waals surface area contributed by atoms with E-state index in [2.05, 4.69) is 4.90 Å². The van der Waals surface area contributed by atoms with Crippen molar-refractivity contribution in [3.8, 4) is 0 Å². The Morgan fingerprint density at radius 3 is 3.00 bits per heavy atom. The third-order valence-corrected chi connectivity index (χ3v) is 3.86. The second-order valence-electron chi connectivity index (χ2n) is 4.98. The molecule has 0 aromatic heterocycles. The molecule has 2 aliphatic heterocycles. The van der Waals surface area contributed by atoms with E-state index < -0.39 is 6.08 Å². The van der Waals surface area contributed by atoms with Crippen LogP contribution >= 0.6 is 0 Å². The van der Waals surface area contributed by atoms with Crippen LogP contribution in [-0.2, 0) is 4.74 Å². The minimum Gasteiger partial charge on any atom is -0.383 e. The zero-order valence-corrected chi connectivity index (χ0v) is 9.72. The fourth-order valence-electron chi connectivity index (χ4n) is 3.28. The van der Waals surface area contributed by atoms with E-state index in [-0.39, 0.29) is 11.5 Å². The first-order valence-electron chi connectivity index (χ1n) is 5.93. The molecule has 0 N–H and O–H groups in total. The van der Waals surface area contributed by atoms with Gasteiger partial charge in [-0.25, -0.2) is 0 Å². The number of rotatable bonds is 3. The highest BCUT2D eigenvalue weighted by molar-refractivity contribution is 5.06. The molecule has 0 spiro atoms. The molecule has 0 saturated carbocycles. The number of ether oxygens (including phenoxy) is 1. The lowest BCUT2D eigenvalue weighted by atomic mass is 9.85. The molecule has 2 aliphatic rings. The molecule has 92 valence electrons. The van der Waals surface area contributed by atoms with Crippen LogP contribution in [0.15, 0.2) is 12.2 Å². The minimum absolute atomic E-state index is 0.00162. The number of halogens is 2. The van der Waals surface area contributed by atoms with E-state index in [1.54, 1.807) is 7.11 Å². The number of methoxy groups -OCH3 is 1. The van der Waals surface area contributed by atoms with E-state index in [0.29, 0.717) is 6.61 Å². The largest absolute Gasteiger partial charge is 0.383 e. The summed E-state index contributed by atoms with van der Waals surface area (Å²) in [5.41, 5.74) is 0.0314. The van der Waals surface area contributed by atoms with E-state index in [4.69, 9.17) is 4.74 Å². The summed E-state index contributed by atoms with van der Waals surface area (Å²) in [5, 5.41) is 0. The van der Waals surface area contributed by atoms with Crippen molar-refractivity contribution < 1.29 is 13.5 Å². The van der Waals surface area contributed by atoms with Gasteiger partial charge in [0.2, 0.25) is 0 Å². The van der Waals surface area contributed by atoms with Gasteiger partial charge in [0.15, 0.2) is 0 Å². The standard InChI is InChI=1S/C12H19F2NO/c1-16-9-12-4-2-3-5-15(12)8-10(7-12)6-11(13)14/h6,10H,2-5,7-9H2,1H3/t10-,12+/m0/s1. The normalized spacial score (nSPS) is 34.8. The fourth-order valence-corrected chi connectivity index (χ4v) is 3.28. The van der Waals surface area contributed by atoms with Crippen LogP contribution in [0.3, 0.4) is 0 Å². The van der Waals surface area contributed by atoms with Gasteiger partial charge in [0.25, 0.3) is 6.08 Å². The Hall–Kier alpha value is -0.480. The second-order valence-corrected chi connectivity index (χ2v) is 4.98. The Balaban J connectivity index is 2.10. The lowest BCUT2D eigenvalue weighted by Crippen LogP contribution is -2.50. The molecule has 2 rings (SSSR count). The summed E-state index contributed by atoms with van der Waals surface area (Å²) in [5.74, 6) is -0.00162. The molecule has 0 unspecified atom stereocenters. The van der Waals surface area contributed by atoms with Crippen molar-refractivity contribution in [2.24, 2.45) is 5.92 Å². The Morgan fingerprint density at radius 1 is 1.50 bits per heavy atom. The van der Waals surface area contributed by atoms with E-state index in [1.807, 2.05) is 0 Å². The average Bonchev–Trinajstić information content (AvgIpc) is 2.54. The third-order valence-electron chi connectivity index (χ3n) is 3.86. The molecule has 0 bridgehead atoms. The zero-order valence-electron chi connectivity index (χ0n) is 9.72. The number of fused-ring (bicyclic) bond motifs is 1. The summed E-state index contributed by atoms with van der Waals surface area (Å²) in [6, 6.07) is 0. The highest BCUT2D eigenvalue weighted by Crippen LogP contribution is 2.41. The van der Waals surface area contributed by atoms with Gasteiger partial charge >= 0.3 is 0 Å². The van der Waals surface area contributed by atoms with Gasteiger partial charge in [-0.2, -0.15) is 8.78 Å². The lowest BCUT2D eigenvalue weighted by Gasteiger charge is -2.41. The monoisotopic (exact) mass is 231 g/mol. The average molecular weight is 231 g/mol. The van der Waals surface area contributed by atoms with Gasteiger partial charge in [-0.3, -0.25) is 4.90 Å². The first-order chi connectivity index (χ1) is 7.66. The van der Waals surface area contributed by atoms with Gasteiger partial charge in [0, 0.05) is 19.2 Å². The molecule has 2 fully saturated rings. The summed E-state index contributed by atoms with van der Waals surface area (Å²) in [6.45, 7) is 2.47. The molecular weight excluding hydrogens is 212 g/mol. The molecule has 0 aromatic rings. The van der Waals surface area contributed by atoms with Gasteiger partial charge in [0.1, 0.15) is 0 Å². The third kappa shape index (κ3) is 2.28. The second kappa shape index (κ2) is 4.80. The SMILES string of the molecule is COC[C@]12CCCCN1C[C@@H](C=C(F)F)C2. The zero-order chi connectivity index (χ0) is 11.6. The predicted octanol–water partition coefficient (Wildman–Crippen LogP) is 2.66. The first-order valence-corrected chi connectivity index (χ1v) is 5.93. The van der Waals surface area contributed by atoms with Crippen LogP contribution in [-0.4, -0.2) is 37.2 Å². The Labute approximate surface area is 95.3 Å². The topological polar surface area (TPSA) is 12.5 Å². The maximum atomic E-state index is 12.3. The molecule has 0 radical (unpaired) electrons. The Bertz CT molecular complexity index is 274. The van der Waals surface area contributed by atoms with Crippen LogP contribution in [0.5, 0.6) is 0 Å². The summed E-state index contributed by atoms with van der Waals surface area (Å²) >= 11 is 0. The van der Waals surface area contributed by atoms with Crippen LogP contribution in [0, 0.1) is 5.92 Å². The van der Waals surface area contributed by atoms with Crippen molar-refractivity contribution in [3.63, 3.8) is 0 Å². The summed E-state index contributed by atoms with van der Waals surface area (Å²) < 4.78 is 29.9. The van der Waals surface area contributed by atoms with Gasteiger partial charge < -0.3 is 4.74 Å². The smallest absolute Gasteiger partial charge is 0.266 e. The fraction of sp³-hybridized carbons (Fsp3) is 0.833. The summed E-state index contributed by atoms with van der Waals surface area (Å²) in [4.78, 5) is 2.35. The molecule has 2 saturated heterocycles. The van der Waals surface area contributed by atoms with Crippen LogP contribution < -0.4 is 0 Å². The van der Waals surface area contributed by atoms with Gasteiger partial charge in [-0.1, -0.05) is 6.42 Å². The molecule has 0 aromatic carbocycles. The minimum atomic E-state index is -1.54. The predicted molar refractivity (Wildman–Crippen MR) is 58.4 cm³/mol. The number of piperidine rings is 1. The Morgan fingerprint density at radius 2 is 2.31 bits per heavy atom. The highest BCUT2D eigenvalue weighted by Gasteiger charge is 2.46. The van der Waals surface area contributed by atoms with Crippen molar-refractivity contribution in [1.82, 2.24) is 4.90 Å². The first kappa shape index (κ1) is 12.0. The number of hydrogen-bond donors (Lipinski definition) is 0. The summed E-state index contributed by atoms with van der Waals surface area (Å²) in [6.07, 6.45) is 3.85. The highest BCUT2D eigenvalue weighted by atomic mass is 19.3. The molecule has 2 nitrogen and oxygen atoms in total. The van der Waals surface area contributed by atoms with E-state index >= 15 is 0 Å². The number of hydrogen-bond acceptors (Lipinski definition) is 2. The van der Waals surface area contributed by atoms with Crippen molar-refractivity contribution in [2.45, 2.75) is 31.2 Å². The maximum absolute atomic E-state index is 12.3. The molecule has 0 amide bonds. The van der Waals surface area contributed by atoms with Crippen LogP contribution in [0.4, 0.5) is 8.78 Å². The molecule has 0 aliphatic carbocycles. The maximum Gasteiger partial charge on any atom is 0.266 e. The van der Waals surface area contributed by atoms with E-state index in [9.17, 15) is 8.78 Å². The van der Waals surface area contributed by atoms with Crippen molar-refractivity contribution in [1.29, 1.82) is 0 Å². The molecule has 16 heavy (non-hydrogen) atoms. The van der Waals surface area contributed by atoms with Crippen LogP contribution in [0.2, 0.25) is 0 Å². The quantitative estimate of drug-likeness (QED) is 0.740. The molecule has 2 atom stereocenters. The molecular formula is C12H19F2NO. The lowest BCUT2D eigenvalue weighted by molar-refractivity contribution is 0.0120. The van der Waals surface area contributed by atoms with Gasteiger partial charge in [0.05, 0.1) is 6.61 Å². The van der Waals surface area contributed by atoms with E-state index in [1.165, 1.54) is 12.8 Å². The van der Waals surface area contributed by atoms with E-state index in [0.717, 1.165) is 32.0 Å². The van der Waals surface area contributed by atoms with Crippen molar-refractivity contribution >= 4 is 0 Å². The molecule has 2 heterocycles. The Kier molecular flexibility index (Phi) is 3.60. The van der Waals surface area contributed by atoms with Crippen molar-refractivity contribution in [3.05, 3.63) is 12.2 Å².